The maximum absolute atomic E-state index is 17.6. The first-order valence-electron chi connectivity index (χ1n) is 24.1. The van der Waals surface area contributed by atoms with Gasteiger partial charge in [-0.1, -0.05) is 134 Å². The summed E-state index contributed by atoms with van der Waals surface area (Å²) in [6, 6.07) is 24.4. The monoisotopic (exact) mass is 1190 g/mol. The fraction of sp³-hybridized carbons (Fsp3) is 0.100. The third-order valence-corrected chi connectivity index (χ3v) is 21.8. The largest absolute Gasteiger partial charge is 0.203 e. The number of hydrogen-bond donors (Lipinski definition) is 0. The van der Waals surface area contributed by atoms with Gasteiger partial charge in [0.2, 0.25) is 23.3 Å². The summed E-state index contributed by atoms with van der Waals surface area (Å²) in [7, 11) is -8.33. The van der Waals surface area contributed by atoms with Gasteiger partial charge >= 0.3 is 0 Å². The molecule has 0 N–H and O–H groups in total. The number of halogens is 20. The minimum atomic E-state index is -4.16. The summed E-state index contributed by atoms with van der Waals surface area (Å²) < 4.78 is 327. The predicted octanol–water partition coefficient (Wildman–Crippen LogP) is 16.6. The molecule has 0 spiro atoms. The molecule has 2 aliphatic heterocycles. The molecule has 10 rings (SSSR count). The maximum atomic E-state index is 17.6. The van der Waals surface area contributed by atoms with Gasteiger partial charge in [0, 0.05) is 38.0 Å². The summed E-state index contributed by atoms with van der Waals surface area (Å²) in [5.41, 5.74) is -11.6. The van der Waals surface area contributed by atoms with Gasteiger partial charge in [-0.3, -0.25) is 0 Å². The van der Waals surface area contributed by atoms with Crippen LogP contribution < -0.4 is 0 Å². The zero-order valence-corrected chi connectivity index (χ0v) is 43.5. The van der Waals surface area contributed by atoms with Gasteiger partial charge in [0.05, 0.1) is 11.1 Å². The highest BCUT2D eigenvalue weighted by molar-refractivity contribution is 6.89. The molecule has 0 fully saturated rings. The summed E-state index contributed by atoms with van der Waals surface area (Å²) in [5, 5.41) is -8.61. The second-order valence-corrected chi connectivity index (χ2v) is 24.3. The lowest BCUT2D eigenvalue weighted by molar-refractivity contribution is 0.354. The van der Waals surface area contributed by atoms with Crippen molar-refractivity contribution in [2.45, 2.75) is 36.0 Å². The van der Waals surface area contributed by atoms with E-state index in [1.165, 1.54) is 72.8 Å². The number of rotatable bonds is 11. The molecule has 8 aromatic carbocycles. The topological polar surface area (TPSA) is 0 Å². The molecule has 418 valence electrons. The summed E-state index contributed by atoms with van der Waals surface area (Å²) in [4.78, 5) is 0. The SMILES string of the molecule is C[Si]1=C(c2c(F)c(F)c(F)c(F)c2F)C(c2ccccc2)=C(c2ccccc2)C1(CCC1(c2c(F)c(F)c(F)c(F)c2F)C(c2ccccc2)=C(c2ccccc2)C(c2c(F)c(F)c(F)c(F)c2F)=[Si]1C)c1c(F)c(F)c(F)c(F)c1F. The summed E-state index contributed by atoms with van der Waals surface area (Å²) in [6.45, 7) is 1.78. The fourth-order valence-corrected chi connectivity index (χ4v) is 18.5. The van der Waals surface area contributed by atoms with Gasteiger partial charge in [-0.05, 0) is 67.7 Å². The second-order valence-electron chi connectivity index (χ2n) is 19.1. The molecule has 2 atom stereocenters. The van der Waals surface area contributed by atoms with E-state index in [-0.39, 0.29) is 22.3 Å². The van der Waals surface area contributed by atoms with E-state index < -0.39 is 211 Å². The Morgan fingerprint density at radius 2 is 0.451 bits per heavy atom. The highest BCUT2D eigenvalue weighted by Gasteiger charge is 2.58. The Morgan fingerprint density at radius 1 is 0.256 bits per heavy atom. The van der Waals surface area contributed by atoms with E-state index in [9.17, 15) is 8.78 Å². The summed E-state index contributed by atoms with van der Waals surface area (Å²) in [5.74, 6) is -53.3. The van der Waals surface area contributed by atoms with Gasteiger partial charge in [0.25, 0.3) is 0 Å². The van der Waals surface area contributed by atoms with E-state index in [4.69, 9.17) is 0 Å². The van der Waals surface area contributed by atoms with Crippen LogP contribution in [0.4, 0.5) is 87.8 Å². The standard InChI is InChI=1S/C60H30F20Si2/c1-81-57(31-37(61)45(69)53(77)46(70)38(31)62)29(25-15-7-3-8-16-25)33(27-19-11-5-12-20-27)59(81,35-41(65)49(73)55(79)50(74)42(35)66)23-24-60(36-43(67)51(75)56(80)52(76)44(36)68)34(28-21-13-6-14-22-28)30(26-17-9-4-10-18-26)58(82(60)2)32-39(63)47(71)54(78)48(72)40(32)64/h3-22H,23-24H2,1-2H3. The van der Waals surface area contributed by atoms with Crippen LogP contribution >= 0.6 is 0 Å². The molecule has 2 heterocycles. The van der Waals surface area contributed by atoms with Crippen molar-refractivity contribution >= 4 is 49.4 Å². The molecule has 0 bridgehead atoms. The number of benzene rings is 8. The van der Waals surface area contributed by atoms with Crippen LogP contribution in [0, 0.1) is 116 Å². The Hall–Kier alpha value is -7.99. The van der Waals surface area contributed by atoms with Crippen LogP contribution in [0.1, 0.15) is 57.3 Å². The Morgan fingerprint density at radius 3 is 0.683 bits per heavy atom. The molecule has 0 aliphatic carbocycles. The maximum Gasteiger partial charge on any atom is 0.200 e. The lowest BCUT2D eigenvalue weighted by atomic mass is 9.72. The van der Waals surface area contributed by atoms with Crippen molar-refractivity contribution < 1.29 is 87.8 Å². The normalized spacial score (nSPS) is 17.4. The third-order valence-electron chi connectivity index (χ3n) is 15.2. The van der Waals surface area contributed by atoms with Crippen molar-refractivity contribution in [1.29, 1.82) is 0 Å². The molecular weight excluding hydrogens is 1160 g/mol. The minimum absolute atomic E-state index is 0.302. The van der Waals surface area contributed by atoms with Crippen molar-refractivity contribution in [2.75, 3.05) is 0 Å². The van der Waals surface area contributed by atoms with E-state index in [1.54, 1.807) is 0 Å². The zero-order chi connectivity index (χ0) is 59.3. The van der Waals surface area contributed by atoms with E-state index in [1.807, 2.05) is 0 Å². The molecule has 0 radical (unpaired) electrons. The van der Waals surface area contributed by atoms with Crippen molar-refractivity contribution in [3.63, 3.8) is 0 Å². The number of allylic oxidation sites excluding steroid dienone is 4. The van der Waals surface area contributed by atoms with Gasteiger partial charge in [-0.25, -0.2) is 87.8 Å². The highest BCUT2D eigenvalue weighted by atomic mass is 28.2. The highest BCUT2D eigenvalue weighted by Crippen LogP contribution is 2.60. The molecule has 0 saturated carbocycles. The van der Waals surface area contributed by atoms with Gasteiger partial charge in [-0.2, -0.15) is 0 Å². The van der Waals surface area contributed by atoms with Crippen molar-refractivity contribution in [3.05, 3.63) is 282 Å². The lowest BCUT2D eigenvalue weighted by Crippen LogP contribution is -2.45. The number of hydrogen-bond acceptors (Lipinski definition) is 0. The summed E-state index contributed by atoms with van der Waals surface area (Å²) in [6.07, 6.45) is -3.08. The molecule has 2 aliphatic rings. The van der Waals surface area contributed by atoms with E-state index >= 15 is 79.0 Å². The first kappa shape index (κ1) is 57.3. The molecular formula is C60H30F20Si2. The van der Waals surface area contributed by atoms with Gasteiger partial charge in [-0.15, -0.1) is 0 Å². The molecule has 0 nitrogen and oxygen atoms in total. The molecule has 2 unspecified atom stereocenters. The Kier molecular flexibility index (Phi) is 14.7. The van der Waals surface area contributed by atoms with Crippen LogP contribution in [0.25, 0.3) is 22.3 Å². The van der Waals surface area contributed by atoms with Gasteiger partial charge in [0.15, 0.2) is 93.1 Å². The smallest absolute Gasteiger partial charge is 0.200 e. The average molecular weight is 1190 g/mol. The van der Waals surface area contributed by atoms with Crippen LogP contribution in [0.2, 0.25) is 13.1 Å². The van der Waals surface area contributed by atoms with Crippen LogP contribution in [-0.4, -0.2) is 27.2 Å². The van der Waals surface area contributed by atoms with E-state index in [0.29, 0.717) is 0 Å². The van der Waals surface area contributed by atoms with Crippen LogP contribution in [0.5, 0.6) is 0 Å². The Balaban J connectivity index is 1.50. The molecule has 0 saturated heterocycles. The Bertz CT molecular complexity index is 3780. The fourth-order valence-electron chi connectivity index (χ4n) is 11.7. The predicted molar refractivity (Wildman–Crippen MR) is 268 cm³/mol. The van der Waals surface area contributed by atoms with E-state index in [2.05, 4.69) is 0 Å². The molecule has 22 heteroatoms. The van der Waals surface area contributed by atoms with E-state index in [0.717, 1.165) is 61.6 Å². The van der Waals surface area contributed by atoms with Gasteiger partial charge in [0.1, 0.15) is 0 Å². The van der Waals surface area contributed by atoms with Crippen LogP contribution in [0.3, 0.4) is 0 Å². The minimum Gasteiger partial charge on any atom is -0.203 e. The first-order valence-corrected chi connectivity index (χ1v) is 28.1. The Labute approximate surface area is 454 Å². The molecule has 82 heavy (non-hydrogen) atoms. The zero-order valence-electron chi connectivity index (χ0n) is 41.5. The van der Waals surface area contributed by atoms with Crippen molar-refractivity contribution in [2.24, 2.45) is 0 Å². The molecule has 8 aromatic rings. The lowest BCUT2D eigenvalue weighted by Gasteiger charge is -2.42. The van der Waals surface area contributed by atoms with Crippen LogP contribution in [-0.2, 0) is 10.1 Å². The second kappa shape index (κ2) is 21.1. The third kappa shape index (κ3) is 8.16. The van der Waals surface area contributed by atoms with Crippen LogP contribution in [0.15, 0.2) is 121 Å². The summed E-state index contributed by atoms with van der Waals surface area (Å²) >= 11 is 0. The first-order chi connectivity index (χ1) is 38.9. The van der Waals surface area contributed by atoms with Crippen molar-refractivity contribution in [3.8, 4) is 0 Å². The molecule has 0 amide bonds. The van der Waals surface area contributed by atoms with Crippen molar-refractivity contribution in [1.82, 2.24) is 0 Å². The quantitative estimate of drug-likeness (QED) is 0.0524. The van der Waals surface area contributed by atoms with Gasteiger partial charge < -0.3 is 0 Å². The average Bonchev–Trinajstić information content (AvgIpc) is 2.75. The molecule has 0 aromatic heterocycles.